The first kappa shape index (κ1) is 11.9. The molecule has 0 amide bonds. The molecular formula is C11H12N4O3. The summed E-state index contributed by atoms with van der Waals surface area (Å²) in [5.41, 5.74) is 0.952. The summed E-state index contributed by atoms with van der Waals surface area (Å²) in [6.45, 7) is 1.60. The van der Waals surface area contributed by atoms with Crippen molar-refractivity contribution >= 4 is 17.2 Å². The number of methoxy groups -OCH3 is 1. The number of H-pyrrole nitrogens is 1. The summed E-state index contributed by atoms with van der Waals surface area (Å²) >= 11 is 0. The van der Waals surface area contributed by atoms with E-state index in [2.05, 4.69) is 15.5 Å². The van der Waals surface area contributed by atoms with Crippen LogP contribution in [-0.2, 0) is 0 Å². The van der Waals surface area contributed by atoms with Gasteiger partial charge in [0, 0.05) is 0 Å². The van der Waals surface area contributed by atoms with Gasteiger partial charge in [-0.2, -0.15) is 0 Å². The normalized spacial score (nSPS) is 10.1. The molecule has 0 aliphatic heterocycles. The highest BCUT2D eigenvalue weighted by Gasteiger charge is 2.22. The summed E-state index contributed by atoms with van der Waals surface area (Å²) < 4.78 is 5.15. The molecule has 18 heavy (non-hydrogen) atoms. The van der Waals surface area contributed by atoms with Crippen molar-refractivity contribution in [1.82, 2.24) is 10.2 Å². The van der Waals surface area contributed by atoms with Crippen LogP contribution < -0.4 is 10.1 Å². The maximum absolute atomic E-state index is 10.9. The molecule has 1 heterocycles. The second kappa shape index (κ2) is 4.74. The second-order valence-electron chi connectivity index (χ2n) is 3.63. The zero-order valence-corrected chi connectivity index (χ0v) is 9.93. The van der Waals surface area contributed by atoms with Gasteiger partial charge in [0.2, 0.25) is 5.82 Å². The van der Waals surface area contributed by atoms with E-state index in [1.807, 2.05) is 6.07 Å². The number of para-hydroxylation sites is 2. The molecule has 2 rings (SSSR count). The van der Waals surface area contributed by atoms with Gasteiger partial charge >= 0.3 is 5.69 Å². The Morgan fingerprint density at radius 3 is 2.83 bits per heavy atom. The number of aryl methyl sites for hydroxylation is 1. The summed E-state index contributed by atoms with van der Waals surface area (Å²) in [7, 11) is 1.53. The van der Waals surface area contributed by atoms with Gasteiger partial charge in [-0.05, 0) is 19.1 Å². The van der Waals surface area contributed by atoms with Crippen LogP contribution in [0.4, 0.5) is 17.2 Å². The van der Waals surface area contributed by atoms with Crippen molar-refractivity contribution in [3.05, 3.63) is 40.1 Å². The lowest BCUT2D eigenvalue weighted by atomic mass is 10.3. The van der Waals surface area contributed by atoms with E-state index >= 15 is 0 Å². The van der Waals surface area contributed by atoms with E-state index < -0.39 is 4.92 Å². The summed E-state index contributed by atoms with van der Waals surface area (Å²) in [4.78, 5) is 10.4. The fourth-order valence-electron chi connectivity index (χ4n) is 1.61. The number of anilines is 2. The van der Waals surface area contributed by atoms with Gasteiger partial charge in [-0.3, -0.25) is 15.2 Å². The van der Waals surface area contributed by atoms with Crippen LogP contribution >= 0.6 is 0 Å². The molecule has 0 aliphatic rings. The number of hydrogen-bond donors (Lipinski definition) is 2. The maximum atomic E-state index is 10.9. The van der Waals surface area contributed by atoms with Crippen molar-refractivity contribution in [2.75, 3.05) is 12.4 Å². The number of benzene rings is 1. The van der Waals surface area contributed by atoms with Crippen LogP contribution in [-0.4, -0.2) is 22.2 Å². The molecule has 0 bridgehead atoms. The van der Waals surface area contributed by atoms with Gasteiger partial charge in [-0.1, -0.05) is 12.1 Å². The molecule has 0 radical (unpaired) electrons. The number of nitrogens with one attached hydrogen (secondary N) is 2. The van der Waals surface area contributed by atoms with Gasteiger partial charge in [0.05, 0.1) is 17.7 Å². The molecule has 2 N–H and O–H groups in total. The largest absolute Gasteiger partial charge is 0.495 e. The molecule has 2 aromatic rings. The Morgan fingerprint density at radius 1 is 1.44 bits per heavy atom. The predicted molar refractivity (Wildman–Crippen MR) is 66.3 cm³/mol. The summed E-state index contributed by atoms with van der Waals surface area (Å²) in [6, 6.07) is 7.13. The average Bonchev–Trinajstić information content (AvgIpc) is 2.71. The van der Waals surface area contributed by atoms with Crippen LogP contribution in [0, 0.1) is 17.0 Å². The monoisotopic (exact) mass is 248 g/mol. The molecule has 0 atom stereocenters. The topological polar surface area (TPSA) is 93.1 Å². The van der Waals surface area contributed by atoms with Gasteiger partial charge in [-0.15, -0.1) is 5.10 Å². The third-order valence-electron chi connectivity index (χ3n) is 2.46. The lowest BCUT2D eigenvalue weighted by molar-refractivity contribution is -0.384. The Hall–Kier alpha value is -2.57. The smallest absolute Gasteiger partial charge is 0.333 e. The van der Waals surface area contributed by atoms with E-state index in [0.717, 1.165) is 0 Å². The van der Waals surface area contributed by atoms with Crippen molar-refractivity contribution < 1.29 is 9.66 Å². The molecule has 7 heteroatoms. The van der Waals surface area contributed by atoms with Gasteiger partial charge in [-0.25, -0.2) is 0 Å². The van der Waals surface area contributed by atoms with Crippen LogP contribution in [0.25, 0.3) is 0 Å². The van der Waals surface area contributed by atoms with E-state index in [9.17, 15) is 10.1 Å². The highest BCUT2D eigenvalue weighted by molar-refractivity contribution is 5.70. The first-order valence-electron chi connectivity index (χ1n) is 5.23. The van der Waals surface area contributed by atoms with E-state index in [4.69, 9.17) is 4.74 Å². The quantitative estimate of drug-likeness (QED) is 0.640. The van der Waals surface area contributed by atoms with Gasteiger partial charge in [0.15, 0.2) is 0 Å². The van der Waals surface area contributed by atoms with Gasteiger partial charge in [0.1, 0.15) is 11.4 Å². The number of nitro groups is 1. The summed E-state index contributed by atoms with van der Waals surface area (Å²) in [6.07, 6.45) is 0. The molecule has 7 nitrogen and oxygen atoms in total. The highest BCUT2D eigenvalue weighted by atomic mass is 16.6. The van der Waals surface area contributed by atoms with Crippen molar-refractivity contribution in [3.8, 4) is 5.75 Å². The maximum Gasteiger partial charge on any atom is 0.333 e. The zero-order chi connectivity index (χ0) is 13.1. The van der Waals surface area contributed by atoms with Crippen LogP contribution in [0.2, 0.25) is 0 Å². The number of hydrogen-bond acceptors (Lipinski definition) is 5. The molecule has 0 saturated heterocycles. The van der Waals surface area contributed by atoms with E-state index in [1.54, 1.807) is 25.1 Å². The van der Waals surface area contributed by atoms with Gasteiger partial charge < -0.3 is 10.1 Å². The molecule has 0 saturated carbocycles. The van der Waals surface area contributed by atoms with Crippen molar-refractivity contribution in [1.29, 1.82) is 0 Å². The molecule has 0 unspecified atom stereocenters. The second-order valence-corrected chi connectivity index (χ2v) is 3.63. The Labute approximate surface area is 103 Å². The molecule has 0 fully saturated rings. The molecular weight excluding hydrogens is 236 g/mol. The lowest BCUT2D eigenvalue weighted by Crippen LogP contribution is -1.98. The lowest BCUT2D eigenvalue weighted by Gasteiger charge is -2.08. The third kappa shape index (κ3) is 2.10. The minimum Gasteiger partial charge on any atom is -0.495 e. The molecule has 1 aromatic carbocycles. The molecule has 94 valence electrons. The molecule has 1 aromatic heterocycles. The highest BCUT2D eigenvalue weighted by Crippen LogP contribution is 2.31. The summed E-state index contributed by atoms with van der Waals surface area (Å²) in [5.74, 6) is 0.759. The molecule has 0 aliphatic carbocycles. The zero-order valence-electron chi connectivity index (χ0n) is 9.93. The first-order valence-corrected chi connectivity index (χ1v) is 5.23. The van der Waals surface area contributed by atoms with E-state index in [-0.39, 0.29) is 11.5 Å². The fraction of sp³-hybridized carbons (Fsp3) is 0.182. The van der Waals surface area contributed by atoms with Crippen molar-refractivity contribution in [3.63, 3.8) is 0 Å². The number of rotatable bonds is 4. The van der Waals surface area contributed by atoms with E-state index in [1.165, 1.54) is 7.11 Å². The SMILES string of the molecule is COc1ccccc1Nc1n[nH]c(C)c1[N+](=O)[O-]. The number of nitrogens with zero attached hydrogens (tertiary/aromatic N) is 2. The van der Waals surface area contributed by atoms with Crippen molar-refractivity contribution in [2.24, 2.45) is 0 Å². The first-order chi connectivity index (χ1) is 8.63. The number of aromatic amines is 1. The summed E-state index contributed by atoms with van der Waals surface area (Å²) in [5, 5.41) is 20.3. The minimum atomic E-state index is -0.476. The Morgan fingerprint density at radius 2 is 2.17 bits per heavy atom. The Kier molecular flexibility index (Phi) is 3.13. The number of aromatic nitrogens is 2. The van der Waals surface area contributed by atoms with Gasteiger partial charge in [0.25, 0.3) is 0 Å². The Balaban J connectivity index is 2.37. The van der Waals surface area contributed by atoms with Crippen molar-refractivity contribution in [2.45, 2.75) is 6.92 Å². The fourth-order valence-corrected chi connectivity index (χ4v) is 1.61. The third-order valence-corrected chi connectivity index (χ3v) is 2.46. The average molecular weight is 248 g/mol. The standard InChI is InChI=1S/C11H12N4O3/c1-7-10(15(16)17)11(14-13-7)12-8-5-3-4-6-9(8)18-2/h3-6H,1-2H3,(H2,12,13,14). The molecule has 0 spiro atoms. The minimum absolute atomic E-state index is 0.0686. The van der Waals surface area contributed by atoms with E-state index in [0.29, 0.717) is 17.1 Å². The van der Waals surface area contributed by atoms with Crippen LogP contribution in [0.1, 0.15) is 5.69 Å². The number of ether oxygens (including phenoxy) is 1. The van der Waals surface area contributed by atoms with Crippen LogP contribution in [0.15, 0.2) is 24.3 Å². The van der Waals surface area contributed by atoms with Crippen LogP contribution in [0.3, 0.4) is 0 Å². The Bertz CT molecular complexity index is 579. The van der Waals surface area contributed by atoms with Crippen LogP contribution in [0.5, 0.6) is 5.75 Å². The predicted octanol–water partition coefficient (Wildman–Crippen LogP) is 2.38.